The predicted molar refractivity (Wildman–Crippen MR) is 66.6 cm³/mol. The molecule has 1 aromatic carbocycles. The summed E-state index contributed by atoms with van der Waals surface area (Å²) in [6, 6.07) is 5.33. The van der Waals surface area contributed by atoms with Crippen LogP contribution in [0.4, 0.5) is 13.2 Å². The van der Waals surface area contributed by atoms with Gasteiger partial charge in [-0.2, -0.15) is 18.4 Å². The minimum atomic E-state index is -4.44. The van der Waals surface area contributed by atoms with Crippen molar-refractivity contribution in [3.8, 4) is 6.07 Å². The predicted octanol–water partition coefficient (Wildman–Crippen LogP) is 3.91. The Hall–Kier alpha value is -1.80. The van der Waals surface area contributed by atoms with Gasteiger partial charge in [-0.15, -0.1) is 0 Å². The number of alkyl halides is 3. The van der Waals surface area contributed by atoms with Crippen LogP contribution in [0.15, 0.2) is 24.3 Å². The lowest BCUT2D eigenvalue weighted by Crippen LogP contribution is -2.16. The van der Waals surface area contributed by atoms with Crippen molar-refractivity contribution in [3.05, 3.63) is 41.0 Å². The molecular formula is C15H12F3NO. The van der Waals surface area contributed by atoms with E-state index >= 15 is 0 Å². The summed E-state index contributed by atoms with van der Waals surface area (Å²) in [5, 5.41) is 8.91. The fourth-order valence-electron chi connectivity index (χ4n) is 2.80. The molecule has 0 aromatic heterocycles. The van der Waals surface area contributed by atoms with Crippen LogP contribution in [0.3, 0.4) is 0 Å². The molecule has 5 heteroatoms. The Balaban J connectivity index is 2.04. The SMILES string of the molecule is N#Cc1cc(C2=CC3CCC(C2)O3)cc(C(F)(F)F)c1. The molecule has 2 bridgehead atoms. The normalized spacial score (nSPS) is 25.2. The van der Waals surface area contributed by atoms with Crippen molar-refractivity contribution in [2.75, 3.05) is 0 Å². The Morgan fingerprint density at radius 3 is 2.65 bits per heavy atom. The van der Waals surface area contributed by atoms with Crippen LogP contribution in [-0.2, 0) is 10.9 Å². The molecule has 1 aromatic rings. The molecular weight excluding hydrogens is 267 g/mol. The summed E-state index contributed by atoms with van der Waals surface area (Å²) in [4.78, 5) is 0. The topological polar surface area (TPSA) is 33.0 Å². The summed E-state index contributed by atoms with van der Waals surface area (Å²) in [6.45, 7) is 0. The zero-order valence-corrected chi connectivity index (χ0v) is 10.6. The molecule has 0 saturated carbocycles. The van der Waals surface area contributed by atoms with Crippen LogP contribution in [0, 0.1) is 11.3 Å². The molecule has 20 heavy (non-hydrogen) atoms. The maximum Gasteiger partial charge on any atom is 0.416 e. The van der Waals surface area contributed by atoms with Gasteiger partial charge in [-0.25, -0.2) is 0 Å². The van der Waals surface area contributed by atoms with Crippen LogP contribution >= 0.6 is 0 Å². The molecule has 0 radical (unpaired) electrons. The lowest BCUT2D eigenvalue weighted by Gasteiger charge is -2.21. The van der Waals surface area contributed by atoms with Gasteiger partial charge in [-0.05, 0) is 48.6 Å². The lowest BCUT2D eigenvalue weighted by molar-refractivity contribution is -0.137. The van der Waals surface area contributed by atoms with Crippen molar-refractivity contribution in [2.45, 2.75) is 37.6 Å². The molecule has 2 aliphatic rings. The summed E-state index contributed by atoms with van der Waals surface area (Å²) in [7, 11) is 0. The lowest BCUT2D eigenvalue weighted by atomic mass is 9.95. The maximum absolute atomic E-state index is 12.9. The van der Waals surface area contributed by atoms with E-state index in [1.54, 1.807) is 6.07 Å². The number of fused-ring (bicyclic) bond motifs is 2. The Morgan fingerprint density at radius 2 is 2.00 bits per heavy atom. The van der Waals surface area contributed by atoms with Gasteiger partial charge < -0.3 is 4.74 Å². The third-order valence-electron chi connectivity index (χ3n) is 3.74. The van der Waals surface area contributed by atoms with Gasteiger partial charge in [0.1, 0.15) is 0 Å². The number of benzene rings is 1. The standard InChI is InChI=1S/C15H12F3NO/c16-15(17,18)12-4-9(8-19)3-10(5-12)11-6-13-1-2-14(7-11)20-13/h3-6,13-14H,1-2,7H2. The Bertz CT molecular complexity index is 613. The molecule has 2 heterocycles. The number of nitrogens with zero attached hydrogens (tertiary/aromatic N) is 1. The molecule has 3 rings (SSSR count). The Kier molecular flexibility index (Phi) is 3.06. The summed E-state index contributed by atoms with van der Waals surface area (Å²) >= 11 is 0. The quantitative estimate of drug-likeness (QED) is 0.780. The smallest absolute Gasteiger partial charge is 0.371 e. The Morgan fingerprint density at radius 1 is 1.20 bits per heavy atom. The van der Waals surface area contributed by atoms with Gasteiger partial charge in [0.2, 0.25) is 0 Å². The number of rotatable bonds is 1. The highest BCUT2D eigenvalue weighted by Crippen LogP contribution is 2.38. The van der Waals surface area contributed by atoms with Crippen LogP contribution in [0.25, 0.3) is 5.57 Å². The van der Waals surface area contributed by atoms with Crippen molar-refractivity contribution >= 4 is 5.57 Å². The molecule has 2 aliphatic heterocycles. The van der Waals surface area contributed by atoms with E-state index in [4.69, 9.17) is 10.00 Å². The average Bonchev–Trinajstić information content (AvgIpc) is 2.76. The first-order valence-electron chi connectivity index (χ1n) is 6.44. The third kappa shape index (κ3) is 2.44. The molecule has 2 unspecified atom stereocenters. The molecule has 1 fully saturated rings. The second-order valence-corrected chi connectivity index (χ2v) is 5.18. The first kappa shape index (κ1) is 13.2. The van der Waals surface area contributed by atoms with E-state index in [0.29, 0.717) is 12.0 Å². The Labute approximate surface area is 114 Å². The second-order valence-electron chi connectivity index (χ2n) is 5.18. The third-order valence-corrected chi connectivity index (χ3v) is 3.74. The molecule has 0 amide bonds. The van der Waals surface area contributed by atoms with Gasteiger partial charge in [0.05, 0.1) is 29.4 Å². The zero-order chi connectivity index (χ0) is 14.3. The van der Waals surface area contributed by atoms with Crippen molar-refractivity contribution in [1.29, 1.82) is 5.26 Å². The minimum absolute atomic E-state index is 0.00354. The second kappa shape index (κ2) is 4.64. The highest BCUT2D eigenvalue weighted by molar-refractivity contribution is 5.69. The number of halogens is 3. The first-order valence-corrected chi connectivity index (χ1v) is 6.44. The van der Waals surface area contributed by atoms with Gasteiger partial charge in [0, 0.05) is 0 Å². The van der Waals surface area contributed by atoms with Crippen LogP contribution in [0.2, 0.25) is 0 Å². The van der Waals surface area contributed by atoms with E-state index < -0.39 is 11.7 Å². The molecule has 0 N–H and O–H groups in total. The summed E-state index contributed by atoms with van der Waals surface area (Å²) in [5.41, 5.74) is 0.601. The van der Waals surface area contributed by atoms with Crippen LogP contribution in [0.1, 0.15) is 36.0 Å². The van der Waals surface area contributed by atoms with E-state index in [9.17, 15) is 13.2 Å². The van der Waals surface area contributed by atoms with Crippen LogP contribution < -0.4 is 0 Å². The van der Waals surface area contributed by atoms with Crippen molar-refractivity contribution in [2.24, 2.45) is 0 Å². The average molecular weight is 279 g/mol. The molecule has 0 spiro atoms. The zero-order valence-electron chi connectivity index (χ0n) is 10.6. The summed E-state index contributed by atoms with van der Waals surface area (Å²) in [5.74, 6) is 0. The van der Waals surface area contributed by atoms with E-state index in [2.05, 4.69) is 0 Å². The van der Waals surface area contributed by atoms with Gasteiger partial charge in [-0.3, -0.25) is 0 Å². The number of nitriles is 1. The molecule has 2 atom stereocenters. The van der Waals surface area contributed by atoms with Crippen molar-refractivity contribution in [3.63, 3.8) is 0 Å². The largest absolute Gasteiger partial charge is 0.416 e. The van der Waals surface area contributed by atoms with E-state index in [1.165, 1.54) is 6.07 Å². The van der Waals surface area contributed by atoms with Gasteiger partial charge in [-0.1, -0.05) is 6.08 Å². The van der Waals surface area contributed by atoms with Gasteiger partial charge >= 0.3 is 6.18 Å². The fourth-order valence-corrected chi connectivity index (χ4v) is 2.80. The number of ether oxygens (including phenoxy) is 1. The van der Waals surface area contributed by atoms with Gasteiger partial charge in [0.15, 0.2) is 0 Å². The maximum atomic E-state index is 12.9. The number of hydrogen-bond donors (Lipinski definition) is 0. The van der Waals surface area contributed by atoms with Crippen LogP contribution in [-0.4, -0.2) is 12.2 Å². The highest BCUT2D eigenvalue weighted by atomic mass is 19.4. The molecule has 1 saturated heterocycles. The van der Waals surface area contributed by atoms with E-state index in [-0.39, 0.29) is 17.8 Å². The molecule has 0 aliphatic carbocycles. The summed E-state index contributed by atoms with van der Waals surface area (Å²) < 4.78 is 44.2. The van der Waals surface area contributed by atoms with E-state index in [0.717, 1.165) is 30.5 Å². The highest BCUT2D eigenvalue weighted by Gasteiger charge is 2.33. The van der Waals surface area contributed by atoms with Crippen molar-refractivity contribution < 1.29 is 17.9 Å². The molecule has 2 nitrogen and oxygen atoms in total. The number of hydrogen-bond acceptors (Lipinski definition) is 2. The monoisotopic (exact) mass is 279 g/mol. The summed E-state index contributed by atoms with van der Waals surface area (Å²) in [6.07, 6.45) is 0.0196. The van der Waals surface area contributed by atoms with Gasteiger partial charge in [0.25, 0.3) is 0 Å². The minimum Gasteiger partial charge on any atom is -0.371 e. The van der Waals surface area contributed by atoms with E-state index in [1.807, 2.05) is 6.08 Å². The molecule has 104 valence electrons. The van der Waals surface area contributed by atoms with Crippen LogP contribution in [0.5, 0.6) is 0 Å². The van der Waals surface area contributed by atoms with Crippen molar-refractivity contribution in [1.82, 2.24) is 0 Å². The fraction of sp³-hybridized carbons (Fsp3) is 0.400. The first-order chi connectivity index (χ1) is 9.45.